The molecule has 3 aromatic rings. The first-order valence-electron chi connectivity index (χ1n) is 12.5. The summed E-state index contributed by atoms with van der Waals surface area (Å²) >= 11 is 0. The van der Waals surface area contributed by atoms with Gasteiger partial charge in [0.05, 0.1) is 23.6 Å². The largest absolute Gasteiger partial charge is 0.364 e. The third-order valence-corrected chi connectivity index (χ3v) is 6.00. The fraction of sp³-hybridized carbons (Fsp3) is 0.310. The van der Waals surface area contributed by atoms with Crippen LogP contribution in [0.1, 0.15) is 55.7 Å². The predicted octanol–water partition coefficient (Wildman–Crippen LogP) is 4.69. The molecular weight excluding hydrogens is 476 g/mol. The van der Waals surface area contributed by atoms with Gasteiger partial charge in [-0.25, -0.2) is 9.98 Å². The average Bonchev–Trinajstić information content (AvgIpc) is 2.88. The van der Waals surface area contributed by atoms with Crippen LogP contribution in [0.3, 0.4) is 0 Å². The number of anilines is 1. The van der Waals surface area contributed by atoms with E-state index < -0.39 is 0 Å². The van der Waals surface area contributed by atoms with Gasteiger partial charge in [0, 0.05) is 53.2 Å². The lowest BCUT2D eigenvalue weighted by atomic mass is 10.0. The first kappa shape index (κ1) is 26.8. The molecule has 9 heteroatoms. The van der Waals surface area contributed by atoms with Crippen LogP contribution in [0.4, 0.5) is 5.82 Å². The van der Waals surface area contributed by atoms with Gasteiger partial charge in [0.25, 0.3) is 5.91 Å². The summed E-state index contributed by atoms with van der Waals surface area (Å²) in [6.07, 6.45) is 9.75. The average molecular weight is 511 g/mol. The van der Waals surface area contributed by atoms with Crippen molar-refractivity contribution >= 4 is 40.6 Å². The van der Waals surface area contributed by atoms with Crippen molar-refractivity contribution in [2.45, 2.75) is 39.7 Å². The normalized spacial score (nSPS) is 15.2. The maximum atomic E-state index is 13.0. The molecular formula is C29H34N8O. The molecule has 2 N–H and O–H groups in total. The molecule has 0 aliphatic carbocycles. The molecule has 0 spiro atoms. The molecule has 1 amide bonds. The number of pyridine rings is 3. The van der Waals surface area contributed by atoms with E-state index in [9.17, 15) is 4.79 Å². The Bertz CT molecular complexity index is 1450. The molecule has 0 unspecified atom stereocenters. The van der Waals surface area contributed by atoms with Crippen LogP contribution in [0, 0.1) is 0 Å². The molecule has 38 heavy (non-hydrogen) atoms. The van der Waals surface area contributed by atoms with Crippen molar-refractivity contribution in [3.8, 4) is 0 Å². The second-order valence-electron chi connectivity index (χ2n) is 10.4. The van der Waals surface area contributed by atoms with Crippen molar-refractivity contribution in [2.75, 3.05) is 25.5 Å². The molecule has 9 nitrogen and oxygen atoms in total. The second kappa shape index (κ2) is 11.4. The number of amides is 1. The summed E-state index contributed by atoms with van der Waals surface area (Å²) in [5.41, 5.74) is 4.68. The van der Waals surface area contributed by atoms with Gasteiger partial charge >= 0.3 is 0 Å². The summed E-state index contributed by atoms with van der Waals surface area (Å²) in [4.78, 5) is 37.2. The van der Waals surface area contributed by atoms with E-state index in [0.717, 1.165) is 53.0 Å². The van der Waals surface area contributed by atoms with Gasteiger partial charge in [-0.15, -0.1) is 0 Å². The highest BCUT2D eigenvalue weighted by Gasteiger charge is 2.15. The number of hydrogen-bond donors (Lipinski definition) is 2. The standard InChI is InChI=1S/C29H34N8O/c1-19(34-27(18-30-5)36-29(2,3)4)23-13-22-15-26(33-17-25(22)32-16-23)35-28(38)21-7-10-31-24(14-21)20-8-11-37(6)12-9-20/h7-8,10,13-18,36H,5,9,11-12H2,1-4,6H3,(H,33,35,38)/b27-18+,34-19?. The Labute approximate surface area is 223 Å². The number of rotatable bonds is 7. The van der Waals surface area contributed by atoms with Gasteiger partial charge in [-0.1, -0.05) is 6.08 Å². The maximum absolute atomic E-state index is 13.0. The number of aromatic nitrogens is 3. The van der Waals surface area contributed by atoms with E-state index in [2.05, 4.69) is 60.3 Å². The summed E-state index contributed by atoms with van der Waals surface area (Å²) in [5, 5.41) is 7.07. The number of nitrogens with one attached hydrogen (secondary N) is 2. The van der Waals surface area contributed by atoms with Gasteiger partial charge in [0.2, 0.25) is 0 Å². The van der Waals surface area contributed by atoms with Crippen LogP contribution in [0.5, 0.6) is 0 Å². The van der Waals surface area contributed by atoms with Crippen LogP contribution >= 0.6 is 0 Å². The first-order chi connectivity index (χ1) is 18.1. The predicted molar refractivity (Wildman–Crippen MR) is 155 cm³/mol. The highest BCUT2D eigenvalue weighted by molar-refractivity contribution is 6.05. The van der Waals surface area contributed by atoms with E-state index in [-0.39, 0.29) is 11.4 Å². The third kappa shape index (κ3) is 6.95. The Hall–Kier alpha value is -4.24. The van der Waals surface area contributed by atoms with E-state index >= 15 is 0 Å². The number of carbonyl (C=O) groups is 1. The lowest BCUT2D eigenvalue weighted by Crippen LogP contribution is -2.34. The molecule has 1 aliphatic rings. The van der Waals surface area contributed by atoms with Gasteiger partial charge in [0.1, 0.15) is 11.6 Å². The Morgan fingerprint density at radius 3 is 2.66 bits per heavy atom. The monoisotopic (exact) mass is 510 g/mol. The van der Waals surface area contributed by atoms with E-state index in [1.165, 1.54) is 0 Å². The minimum atomic E-state index is -0.240. The lowest BCUT2D eigenvalue weighted by Gasteiger charge is -2.22. The molecule has 0 saturated carbocycles. The van der Waals surface area contributed by atoms with Crippen molar-refractivity contribution in [3.05, 3.63) is 77.8 Å². The van der Waals surface area contributed by atoms with Crippen LogP contribution in [0.25, 0.3) is 16.5 Å². The molecule has 196 valence electrons. The van der Waals surface area contributed by atoms with Gasteiger partial charge in [0.15, 0.2) is 0 Å². The molecule has 0 bridgehead atoms. The van der Waals surface area contributed by atoms with Crippen LogP contribution < -0.4 is 10.6 Å². The molecule has 4 heterocycles. The first-order valence-corrected chi connectivity index (χ1v) is 12.5. The molecule has 0 atom stereocenters. The van der Waals surface area contributed by atoms with E-state index in [4.69, 9.17) is 0 Å². The topological polar surface area (TPSA) is 108 Å². The minimum absolute atomic E-state index is 0.180. The summed E-state index contributed by atoms with van der Waals surface area (Å²) in [5.74, 6) is 0.815. The van der Waals surface area contributed by atoms with Crippen molar-refractivity contribution < 1.29 is 4.79 Å². The molecule has 1 aliphatic heterocycles. The highest BCUT2D eigenvalue weighted by Crippen LogP contribution is 2.22. The van der Waals surface area contributed by atoms with Crippen LogP contribution in [0.2, 0.25) is 0 Å². The fourth-order valence-corrected chi connectivity index (χ4v) is 4.04. The van der Waals surface area contributed by atoms with Gasteiger partial charge in [-0.3, -0.25) is 19.8 Å². The smallest absolute Gasteiger partial charge is 0.256 e. The molecule has 4 rings (SSSR count). The number of hydrogen-bond acceptors (Lipinski definition) is 8. The van der Waals surface area contributed by atoms with E-state index in [1.54, 1.807) is 30.9 Å². The number of likely N-dealkylation sites (N-methyl/N-ethyl adjacent to an activating group) is 1. The Balaban J connectivity index is 1.55. The number of carbonyl (C=O) groups excluding carboxylic acids is 1. The molecule has 0 fully saturated rings. The summed E-state index contributed by atoms with van der Waals surface area (Å²) in [6.45, 7) is 13.5. The van der Waals surface area contributed by atoms with Crippen molar-refractivity contribution in [2.24, 2.45) is 9.98 Å². The zero-order chi connectivity index (χ0) is 27.3. The van der Waals surface area contributed by atoms with E-state index in [1.807, 2.05) is 45.9 Å². The number of nitrogens with zero attached hydrogens (tertiary/aromatic N) is 6. The van der Waals surface area contributed by atoms with Crippen molar-refractivity contribution in [1.29, 1.82) is 0 Å². The Morgan fingerprint density at radius 1 is 1.13 bits per heavy atom. The number of fused-ring (bicyclic) bond motifs is 1. The quantitative estimate of drug-likeness (QED) is 0.447. The van der Waals surface area contributed by atoms with Crippen molar-refractivity contribution in [3.63, 3.8) is 0 Å². The zero-order valence-electron chi connectivity index (χ0n) is 22.6. The third-order valence-electron chi connectivity index (χ3n) is 6.00. The summed E-state index contributed by atoms with van der Waals surface area (Å²) < 4.78 is 0. The fourth-order valence-electron chi connectivity index (χ4n) is 4.04. The van der Waals surface area contributed by atoms with E-state index in [0.29, 0.717) is 17.2 Å². The Morgan fingerprint density at radius 2 is 1.95 bits per heavy atom. The van der Waals surface area contributed by atoms with Crippen molar-refractivity contribution in [1.82, 2.24) is 25.2 Å². The Kier molecular flexibility index (Phi) is 8.07. The SMILES string of the molecule is C=N/C=C(\N=C(C)c1cnc2cnc(NC(=O)c3ccnc(C4=CCN(C)CC4)c3)cc2c1)NC(C)(C)C. The van der Waals surface area contributed by atoms with Crippen LogP contribution in [0.15, 0.2) is 70.9 Å². The number of aliphatic imine (C=N–C) groups is 2. The molecule has 0 aromatic carbocycles. The summed E-state index contributed by atoms with van der Waals surface area (Å²) in [6, 6.07) is 7.34. The summed E-state index contributed by atoms with van der Waals surface area (Å²) in [7, 11) is 2.09. The maximum Gasteiger partial charge on any atom is 0.256 e. The van der Waals surface area contributed by atoms with Gasteiger partial charge < -0.3 is 15.5 Å². The van der Waals surface area contributed by atoms with Gasteiger partial charge in [-0.05, 0) is 77.7 Å². The molecule has 0 radical (unpaired) electrons. The zero-order valence-corrected chi connectivity index (χ0v) is 22.6. The molecule has 0 saturated heterocycles. The minimum Gasteiger partial charge on any atom is -0.364 e. The van der Waals surface area contributed by atoms with Crippen LogP contribution in [-0.2, 0) is 0 Å². The second-order valence-corrected chi connectivity index (χ2v) is 10.4. The molecule has 3 aromatic heterocycles. The highest BCUT2D eigenvalue weighted by atomic mass is 16.1. The van der Waals surface area contributed by atoms with Gasteiger partial charge in [-0.2, -0.15) is 0 Å². The lowest BCUT2D eigenvalue weighted by molar-refractivity contribution is 0.102. The van der Waals surface area contributed by atoms with Crippen LogP contribution in [-0.4, -0.2) is 63.9 Å².